The Morgan fingerprint density at radius 1 is 1.11 bits per heavy atom. The highest BCUT2D eigenvalue weighted by molar-refractivity contribution is 6.39. The minimum Gasteiger partial charge on any atom is -0.347 e. The van der Waals surface area contributed by atoms with Crippen LogP contribution in [0.15, 0.2) is 0 Å². The van der Waals surface area contributed by atoms with Gasteiger partial charge in [0.05, 0.1) is 11.4 Å². The van der Waals surface area contributed by atoms with E-state index in [-0.39, 0.29) is 19.0 Å². The van der Waals surface area contributed by atoms with Crippen LogP contribution in [0.25, 0.3) is 0 Å². The second-order valence-corrected chi connectivity index (χ2v) is 3.73. The summed E-state index contributed by atoms with van der Waals surface area (Å²) in [5.41, 5.74) is 6.76. The van der Waals surface area contributed by atoms with E-state index in [0.29, 0.717) is 12.8 Å². The molecule has 19 heavy (non-hydrogen) atoms. The number of carbonyl (C=O) groups is 2. The molecule has 8 nitrogen and oxygen atoms in total. The monoisotopic (exact) mass is 266 g/mol. The summed E-state index contributed by atoms with van der Waals surface area (Å²) in [6, 6.07) is 0. The zero-order valence-corrected chi connectivity index (χ0v) is 11.1. The van der Waals surface area contributed by atoms with Crippen molar-refractivity contribution in [3.05, 3.63) is 11.4 Å². The van der Waals surface area contributed by atoms with Gasteiger partial charge in [-0.3, -0.25) is 14.9 Å². The number of nitrogens with zero attached hydrogens (tertiary/aromatic N) is 3. The molecule has 8 heteroatoms. The zero-order chi connectivity index (χ0) is 14.3. The second-order valence-electron chi connectivity index (χ2n) is 3.73. The third kappa shape index (κ3) is 4.25. The zero-order valence-electron chi connectivity index (χ0n) is 11.1. The van der Waals surface area contributed by atoms with E-state index in [1.807, 2.05) is 13.8 Å². The lowest BCUT2D eigenvalue weighted by molar-refractivity contribution is -0.136. The summed E-state index contributed by atoms with van der Waals surface area (Å²) >= 11 is 0. The first-order valence-electron chi connectivity index (χ1n) is 6.14. The van der Waals surface area contributed by atoms with Gasteiger partial charge in [-0.25, -0.2) is 4.98 Å². The van der Waals surface area contributed by atoms with Crippen molar-refractivity contribution in [2.75, 3.05) is 18.4 Å². The molecular weight excluding hydrogens is 248 g/mol. The minimum absolute atomic E-state index is 0.0296. The molecular formula is C11H18N6O2. The fraction of sp³-hybridized carbons (Fsp3) is 0.545. The second kappa shape index (κ2) is 7.37. The lowest BCUT2D eigenvalue weighted by Crippen LogP contribution is -2.38. The van der Waals surface area contributed by atoms with Crippen LogP contribution in [0, 0.1) is 0 Å². The number of carbonyl (C=O) groups excluding carboxylic acids is 2. The highest BCUT2D eigenvalue weighted by Gasteiger charge is 2.15. The fourth-order valence-electron chi connectivity index (χ4n) is 1.42. The molecule has 2 amide bonds. The topological polar surface area (TPSA) is 123 Å². The van der Waals surface area contributed by atoms with Crippen molar-refractivity contribution in [2.24, 2.45) is 5.73 Å². The highest BCUT2D eigenvalue weighted by atomic mass is 16.2. The molecule has 0 saturated heterocycles. The lowest BCUT2D eigenvalue weighted by atomic mass is 10.2. The Labute approximate surface area is 111 Å². The molecule has 1 rings (SSSR count). The summed E-state index contributed by atoms with van der Waals surface area (Å²) in [7, 11) is 0. The van der Waals surface area contributed by atoms with Gasteiger partial charge in [0.25, 0.3) is 0 Å². The van der Waals surface area contributed by atoms with Crippen LogP contribution >= 0.6 is 0 Å². The predicted octanol–water partition coefficient (Wildman–Crippen LogP) is -0.990. The van der Waals surface area contributed by atoms with E-state index in [9.17, 15) is 9.59 Å². The molecule has 0 unspecified atom stereocenters. The van der Waals surface area contributed by atoms with Crippen LogP contribution in [0.1, 0.15) is 25.2 Å². The number of nitrogens with two attached hydrogens (primary N) is 1. The quantitative estimate of drug-likeness (QED) is 0.588. The van der Waals surface area contributed by atoms with Crippen molar-refractivity contribution in [1.82, 2.24) is 20.5 Å². The molecule has 4 N–H and O–H groups in total. The first kappa shape index (κ1) is 15.0. The van der Waals surface area contributed by atoms with Crippen LogP contribution in [0.3, 0.4) is 0 Å². The Balaban J connectivity index is 2.71. The van der Waals surface area contributed by atoms with E-state index in [2.05, 4.69) is 25.8 Å². The van der Waals surface area contributed by atoms with Gasteiger partial charge in [0.15, 0.2) is 0 Å². The van der Waals surface area contributed by atoms with E-state index in [1.165, 1.54) is 0 Å². The first-order valence-corrected chi connectivity index (χ1v) is 6.14. The van der Waals surface area contributed by atoms with Crippen LogP contribution in [-0.4, -0.2) is 40.1 Å². The van der Waals surface area contributed by atoms with Gasteiger partial charge < -0.3 is 11.1 Å². The van der Waals surface area contributed by atoms with Crippen LogP contribution in [0.4, 0.5) is 5.95 Å². The van der Waals surface area contributed by atoms with Gasteiger partial charge >= 0.3 is 11.8 Å². The summed E-state index contributed by atoms with van der Waals surface area (Å²) in [5.74, 6) is -1.57. The standard InChI is InChI=1S/C11H18N6O2/c1-3-7-8(4-2)16-17-11(14-7)15-10(19)9(18)13-6-5-12/h3-6,12H2,1-2H3,(H,13,18)(H,14,15,17,19). The maximum Gasteiger partial charge on any atom is 0.316 e. The number of hydrogen-bond acceptors (Lipinski definition) is 6. The number of anilines is 1. The molecule has 0 bridgehead atoms. The van der Waals surface area contributed by atoms with Gasteiger partial charge in [-0.15, -0.1) is 10.2 Å². The molecule has 0 aliphatic heterocycles. The largest absolute Gasteiger partial charge is 0.347 e. The van der Waals surface area contributed by atoms with E-state index < -0.39 is 11.8 Å². The van der Waals surface area contributed by atoms with Crippen molar-refractivity contribution in [2.45, 2.75) is 26.7 Å². The van der Waals surface area contributed by atoms with E-state index >= 15 is 0 Å². The number of nitrogens with one attached hydrogen (secondary N) is 2. The highest BCUT2D eigenvalue weighted by Crippen LogP contribution is 2.06. The van der Waals surface area contributed by atoms with Crippen molar-refractivity contribution in [3.8, 4) is 0 Å². The van der Waals surface area contributed by atoms with Crippen LogP contribution < -0.4 is 16.4 Å². The molecule has 0 fully saturated rings. The predicted molar refractivity (Wildman–Crippen MR) is 69.3 cm³/mol. The molecule has 0 spiro atoms. The molecule has 0 aromatic carbocycles. The Morgan fingerprint density at radius 3 is 2.37 bits per heavy atom. The Kier molecular flexibility index (Phi) is 5.80. The average molecular weight is 266 g/mol. The van der Waals surface area contributed by atoms with Gasteiger partial charge in [-0.1, -0.05) is 13.8 Å². The van der Waals surface area contributed by atoms with Crippen LogP contribution in [0.5, 0.6) is 0 Å². The summed E-state index contributed by atoms with van der Waals surface area (Å²) < 4.78 is 0. The molecule has 0 radical (unpaired) electrons. The molecule has 0 aliphatic rings. The van der Waals surface area contributed by atoms with Crippen LogP contribution in [0.2, 0.25) is 0 Å². The van der Waals surface area contributed by atoms with Crippen molar-refractivity contribution >= 4 is 17.8 Å². The van der Waals surface area contributed by atoms with Crippen molar-refractivity contribution in [1.29, 1.82) is 0 Å². The van der Waals surface area contributed by atoms with E-state index in [4.69, 9.17) is 5.73 Å². The molecule has 1 heterocycles. The summed E-state index contributed by atoms with van der Waals surface area (Å²) in [5, 5.41) is 12.4. The number of aromatic nitrogens is 3. The van der Waals surface area contributed by atoms with Gasteiger partial charge in [0.2, 0.25) is 5.95 Å². The molecule has 104 valence electrons. The SMILES string of the molecule is CCc1nnc(NC(=O)C(=O)NCCN)nc1CC. The molecule has 0 atom stereocenters. The first-order chi connectivity index (χ1) is 9.12. The summed E-state index contributed by atoms with van der Waals surface area (Å²) in [4.78, 5) is 27.0. The number of amides is 2. The van der Waals surface area contributed by atoms with Crippen molar-refractivity contribution < 1.29 is 9.59 Å². The number of aryl methyl sites for hydroxylation is 2. The third-order valence-corrected chi connectivity index (χ3v) is 2.37. The Hall–Kier alpha value is -2.09. The molecule has 1 aromatic rings. The van der Waals surface area contributed by atoms with Gasteiger partial charge in [-0.05, 0) is 12.8 Å². The fourth-order valence-corrected chi connectivity index (χ4v) is 1.42. The average Bonchev–Trinajstić information content (AvgIpc) is 2.44. The normalized spacial score (nSPS) is 10.1. The van der Waals surface area contributed by atoms with Gasteiger partial charge in [0.1, 0.15) is 0 Å². The Morgan fingerprint density at radius 2 is 1.79 bits per heavy atom. The van der Waals surface area contributed by atoms with E-state index in [0.717, 1.165) is 11.4 Å². The molecule has 0 saturated carbocycles. The Bertz CT molecular complexity index is 462. The van der Waals surface area contributed by atoms with Gasteiger partial charge in [0, 0.05) is 13.1 Å². The third-order valence-electron chi connectivity index (χ3n) is 2.37. The van der Waals surface area contributed by atoms with E-state index in [1.54, 1.807) is 0 Å². The van der Waals surface area contributed by atoms with Gasteiger partial charge in [-0.2, -0.15) is 0 Å². The smallest absolute Gasteiger partial charge is 0.316 e. The van der Waals surface area contributed by atoms with Crippen LogP contribution in [-0.2, 0) is 22.4 Å². The minimum atomic E-state index is -0.832. The summed E-state index contributed by atoms with van der Waals surface area (Å²) in [6.07, 6.45) is 1.40. The summed E-state index contributed by atoms with van der Waals surface area (Å²) in [6.45, 7) is 4.38. The number of hydrogen-bond donors (Lipinski definition) is 3. The number of rotatable bonds is 5. The lowest BCUT2D eigenvalue weighted by Gasteiger charge is -2.07. The van der Waals surface area contributed by atoms with Crippen molar-refractivity contribution in [3.63, 3.8) is 0 Å². The molecule has 0 aliphatic carbocycles. The molecule has 1 aromatic heterocycles. The maximum absolute atomic E-state index is 11.5. The maximum atomic E-state index is 11.5.